The molecule has 1 rings (SSSR count). The molecule has 0 saturated heterocycles. The fraction of sp³-hybridized carbons (Fsp3) is 1.00. The van der Waals surface area contributed by atoms with Crippen LogP contribution in [-0.4, -0.2) is 18.5 Å². The van der Waals surface area contributed by atoms with Crippen LogP contribution in [0, 0.1) is 5.41 Å². The summed E-state index contributed by atoms with van der Waals surface area (Å²) in [4.78, 5) is 0. The third-order valence-corrected chi connectivity index (χ3v) is 3.89. The van der Waals surface area contributed by atoms with Crippen molar-refractivity contribution >= 4 is 12.6 Å². The highest BCUT2D eigenvalue weighted by molar-refractivity contribution is 7.80. The number of hydrogen-bond donors (Lipinski definition) is 1. The third-order valence-electron chi connectivity index (χ3n) is 3.22. The molecule has 2 heteroatoms. The Kier molecular flexibility index (Phi) is 5.32. The quantitative estimate of drug-likeness (QED) is 0.557. The first-order chi connectivity index (χ1) is 6.68. The van der Waals surface area contributed by atoms with Crippen molar-refractivity contribution in [3.05, 3.63) is 0 Å². The van der Waals surface area contributed by atoms with E-state index in [1.165, 1.54) is 38.5 Å². The summed E-state index contributed by atoms with van der Waals surface area (Å²) < 4.78 is 5.78. The van der Waals surface area contributed by atoms with Crippen LogP contribution in [0.1, 0.15) is 52.4 Å². The SMILES string of the molecule is CC(C)OCC1(CS)CCCCCC1. The summed E-state index contributed by atoms with van der Waals surface area (Å²) in [5.41, 5.74) is 0.379. The average Bonchev–Trinajstić information content (AvgIpc) is 2.41. The van der Waals surface area contributed by atoms with Gasteiger partial charge in [-0.1, -0.05) is 25.7 Å². The molecular weight excluding hydrogens is 192 g/mol. The molecule has 0 aromatic heterocycles. The monoisotopic (exact) mass is 216 g/mol. The molecule has 0 aromatic rings. The van der Waals surface area contributed by atoms with Gasteiger partial charge in [-0.3, -0.25) is 0 Å². The molecule has 14 heavy (non-hydrogen) atoms. The molecule has 0 amide bonds. The van der Waals surface area contributed by atoms with Gasteiger partial charge in [0.25, 0.3) is 0 Å². The molecule has 0 N–H and O–H groups in total. The Hall–Kier alpha value is 0.310. The van der Waals surface area contributed by atoms with Gasteiger partial charge in [-0.15, -0.1) is 0 Å². The zero-order valence-corrected chi connectivity index (χ0v) is 10.5. The molecule has 0 aliphatic heterocycles. The summed E-state index contributed by atoms with van der Waals surface area (Å²) in [6.07, 6.45) is 8.50. The molecule has 1 aliphatic carbocycles. The van der Waals surface area contributed by atoms with E-state index in [0.717, 1.165) is 12.4 Å². The van der Waals surface area contributed by atoms with Crippen LogP contribution < -0.4 is 0 Å². The van der Waals surface area contributed by atoms with E-state index < -0.39 is 0 Å². The smallest absolute Gasteiger partial charge is 0.0533 e. The van der Waals surface area contributed by atoms with Crippen LogP contribution in [0.5, 0.6) is 0 Å². The van der Waals surface area contributed by atoms with Gasteiger partial charge in [-0.25, -0.2) is 0 Å². The number of hydrogen-bond acceptors (Lipinski definition) is 2. The maximum atomic E-state index is 5.78. The first kappa shape index (κ1) is 12.4. The number of thiol groups is 1. The van der Waals surface area contributed by atoms with E-state index >= 15 is 0 Å². The van der Waals surface area contributed by atoms with E-state index in [1.807, 2.05) is 0 Å². The molecule has 1 nitrogen and oxygen atoms in total. The highest BCUT2D eigenvalue weighted by atomic mass is 32.1. The molecule has 84 valence electrons. The lowest BCUT2D eigenvalue weighted by atomic mass is 9.83. The lowest BCUT2D eigenvalue weighted by Crippen LogP contribution is -2.30. The lowest BCUT2D eigenvalue weighted by molar-refractivity contribution is 0.0100. The van der Waals surface area contributed by atoms with Crippen molar-refractivity contribution < 1.29 is 4.74 Å². The van der Waals surface area contributed by atoms with Gasteiger partial charge >= 0.3 is 0 Å². The van der Waals surface area contributed by atoms with E-state index in [9.17, 15) is 0 Å². The average molecular weight is 216 g/mol. The first-order valence-electron chi connectivity index (χ1n) is 5.91. The van der Waals surface area contributed by atoms with E-state index in [0.29, 0.717) is 11.5 Å². The zero-order chi connectivity index (χ0) is 10.4. The van der Waals surface area contributed by atoms with Crippen LogP contribution in [0.25, 0.3) is 0 Å². The Balaban J connectivity index is 2.45. The van der Waals surface area contributed by atoms with Crippen LogP contribution in [0.15, 0.2) is 0 Å². The fourth-order valence-electron chi connectivity index (χ4n) is 2.17. The van der Waals surface area contributed by atoms with E-state index in [2.05, 4.69) is 26.5 Å². The minimum atomic E-state index is 0.356. The van der Waals surface area contributed by atoms with Crippen LogP contribution in [0.3, 0.4) is 0 Å². The van der Waals surface area contributed by atoms with E-state index in [1.54, 1.807) is 0 Å². The topological polar surface area (TPSA) is 9.23 Å². The Morgan fingerprint density at radius 1 is 1.14 bits per heavy atom. The summed E-state index contributed by atoms with van der Waals surface area (Å²) in [5, 5.41) is 0. The van der Waals surface area contributed by atoms with Crippen LogP contribution in [0.4, 0.5) is 0 Å². The fourth-order valence-corrected chi connectivity index (χ4v) is 2.58. The Bertz CT molecular complexity index is 148. The van der Waals surface area contributed by atoms with Gasteiger partial charge in [-0.2, -0.15) is 12.6 Å². The van der Waals surface area contributed by atoms with Crippen molar-refractivity contribution in [3.63, 3.8) is 0 Å². The zero-order valence-electron chi connectivity index (χ0n) is 9.59. The van der Waals surface area contributed by atoms with Gasteiger partial charge in [0.2, 0.25) is 0 Å². The van der Waals surface area contributed by atoms with Crippen molar-refractivity contribution in [2.24, 2.45) is 5.41 Å². The molecule has 0 unspecified atom stereocenters. The summed E-state index contributed by atoms with van der Waals surface area (Å²) in [5.74, 6) is 0.986. The van der Waals surface area contributed by atoms with Crippen LogP contribution in [-0.2, 0) is 4.74 Å². The molecule has 0 atom stereocenters. The summed E-state index contributed by atoms with van der Waals surface area (Å²) in [6, 6.07) is 0. The summed E-state index contributed by atoms with van der Waals surface area (Å²) in [6.45, 7) is 5.14. The van der Waals surface area contributed by atoms with Gasteiger partial charge in [0.15, 0.2) is 0 Å². The molecular formula is C12H24OS. The molecule has 1 saturated carbocycles. The second-order valence-corrected chi connectivity index (χ2v) is 5.25. The number of ether oxygens (including phenoxy) is 1. The van der Waals surface area contributed by atoms with Crippen LogP contribution >= 0.6 is 12.6 Å². The van der Waals surface area contributed by atoms with Crippen molar-refractivity contribution in [2.75, 3.05) is 12.4 Å². The predicted octanol–water partition coefficient (Wildman–Crippen LogP) is 3.68. The minimum Gasteiger partial charge on any atom is -0.378 e. The largest absolute Gasteiger partial charge is 0.378 e. The minimum absolute atomic E-state index is 0.356. The molecule has 0 aromatic carbocycles. The maximum absolute atomic E-state index is 5.78. The molecule has 0 radical (unpaired) electrons. The number of rotatable bonds is 4. The lowest BCUT2D eigenvalue weighted by Gasteiger charge is -2.31. The van der Waals surface area contributed by atoms with Crippen molar-refractivity contribution in [1.29, 1.82) is 0 Å². The van der Waals surface area contributed by atoms with Crippen molar-refractivity contribution in [2.45, 2.75) is 58.5 Å². The highest BCUT2D eigenvalue weighted by Gasteiger charge is 2.29. The van der Waals surface area contributed by atoms with E-state index in [4.69, 9.17) is 4.74 Å². The maximum Gasteiger partial charge on any atom is 0.0533 e. The molecule has 1 aliphatic rings. The van der Waals surface area contributed by atoms with Crippen LogP contribution in [0.2, 0.25) is 0 Å². The summed E-state index contributed by atoms with van der Waals surface area (Å²) >= 11 is 4.52. The second-order valence-electron chi connectivity index (χ2n) is 4.93. The van der Waals surface area contributed by atoms with Crippen molar-refractivity contribution in [3.8, 4) is 0 Å². The Morgan fingerprint density at radius 3 is 2.14 bits per heavy atom. The first-order valence-corrected chi connectivity index (χ1v) is 6.54. The Labute approximate surface area is 94.0 Å². The van der Waals surface area contributed by atoms with Gasteiger partial charge in [-0.05, 0) is 32.4 Å². The van der Waals surface area contributed by atoms with Gasteiger partial charge in [0.1, 0.15) is 0 Å². The summed E-state index contributed by atoms with van der Waals surface area (Å²) in [7, 11) is 0. The van der Waals surface area contributed by atoms with Gasteiger partial charge in [0, 0.05) is 5.41 Å². The standard InChI is InChI=1S/C12H24OS/c1-11(2)13-9-12(10-14)7-5-3-4-6-8-12/h11,14H,3-10H2,1-2H3. The van der Waals surface area contributed by atoms with Gasteiger partial charge < -0.3 is 4.74 Å². The van der Waals surface area contributed by atoms with Gasteiger partial charge in [0.05, 0.1) is 12.7 Å². The molecule has 0 spiro atoms. The van der Waals surface area contributed by atoms with Crippen molar-refractivity contribution in [1.82, 2.24) is 0 Å². The molecule has 1 fully saturated rings. The second kappa shape index (κ2) is 6.02. The predicted molar refractivity (Wildman–Crippen MR) is 65.1 cm³/mol. The Morgan fingerprint density at radius 2 is 1.71 bits per heavy atom. The third kappa shape index (κ3) is 3.82. The molecule has 0 bridgehead atoms. The normalized spacial score (nSPS) is 22.3. The molecule has 0 heterocycles. The highest BCUT2D eigenvalue weighted by Crippen LogP contribution is 2.36. The van der Waals surface area contributed by atoms with E-state index in [-0.39, 0.29) is 0 Å².